The molecule has 0 bridgehead atoms. The Morgan fingerprint density at radius 2 is 1.52 bits per heavy atom. The molecule has 1 saturated heterocycles. The molecule has 1 fully saturated rings. The van der Waals surface area contributed by atoms with Gasteiger partial charge in [-0.3, -0.25) is 0 Å². The zero-order chi connectivity index (χ0) is 16.4. The molecule has 0 amide bonds. The molecule has 0 spiro atoms. The number of furan rings is 1. The van der Waals surface area contributed by atoms with E-state index in [-0.39, 0.29) is 5.82 Å². The lowest BCUT2D eigenvalue weighted by Crippen LogP contribution is -2.41. The van der Waals surface area contributed by atoms with E-state index in [0.29, 0.717) is 11.0 Å². The van der Waals surface area contributed by atoms with Crippen molar-refractivity contribution in [1.82, 2.24) is 0 Å². The highest BCUT2D eigenvalue weighted by atomic mass is 19.1. The minimum Gasteiger partial charge on any atom is -0.456 e. The van der Waals surface area contributed by atoms with Gasteiger partial charge in [0.1, 0.15) is 17.0 Å². The highest BCUT2D eigenvalue weighted by molar-refractivity contribution is 6.62. The summed E-state index contributed by atoms with van der Waals surface area (Å²) in [6, 6.07) is 10.8. The smallest absolute Gasteiger partial charge is 0.456 e. The average Bonchev–Trinajstić information content (AvgIpc) is 2.92. The van der Waals surface area contributed by atoms with E-state index in [2.05, 4.69) is 0 Å². The standard InChI is InChI=1S/C18H18BFO3/c1-17(2)18(3,4)23-19(22-17)13-10-16-12(9-14(13)20)11-7-5-6-8-15(11)21-16/h5-10H,1-4H3. The van der Waals surface area contributed by atoms with Crippen LogP contribution in [0.5, 0.6) is 0 Å². The Morgan fingerprint density at radius 3 is 2.22 bits per heavy atom. The van der Waals surface area contributed by atoms with Crippen LogP contribution in [-0.4, -0.2) is 18.3 Å². The van der Waals surface area contributed by atoms with Crippen LogP contribution in [0, 0.1) is 5.82 Å². The van der Waals surface area contributed by atoms with Gasteiger partial charge >= 0.3 is 7.12 Å². The third kappa shape index (κ3) is 2.11. The third-order valence-electron chi connectivity index (χ3n) is 5.00. The minimum atomic E-state index is -0.738. The summed E-state index contributed by atoms with van der Waals surface area (Å²) in [6.45, 7) is 7.80. The summed E-state index contributed by atoms with van der Waals surface area (Å²) in [4.78, 5) is 0. The van der Waals surface area contributed by atoms with E-state index in [4.69, 9.17) is 13.7 Å². The van der Waals surface area contributed by atoms with Gasteiger partial charge in [0.05, 0.1) is 11.2 Å². The van der Waals surface area contributed by atoms with Crippen LogP contribution < -0.4 is 5.46 Å². The van der Waals surface area contributed by atoms with Crippen molar-refractivity contribution >= 4 is 34.5 Å². The Bertz CT molecular complexity index is 897. The Kier molecular flexibility index (Phi) is 2.94. The zero-order valence-corrected chi connectivity index (χ0v) is 13.6. The maximum Gasteiger partial charge on any atom is 0.497 e. The molecule has 1 aliphatic rings. The fourth-order valence-corrected chi connectivity index (χ4v) is 2.91. The first kappa shape index (κ1) is 14.7. The summed E-state index contributed by atoms with van der Waals surface area (Å²) < 4.78 is 32.4. The summed E-state index contributed by atoms with van der Waals surface area (Å²) in [5, 5.41) is 1.67. The number of hydrogen-bond acceptors (Lipinski definition) is 3. The fraction of sp³-hybridized carbons (Fsp3) is 0.333. The Labute approximate surface area is 134 Å². The molecule has 2 heterocycles. The molecule has 0 N–H and O–H groups in total. The molecular weight excluding hydrogens is 294 g/mol. The van der Waals surface area contributed by atoms with Crippen molar-refractivity contribution in [3.63, 3.8) is 0 Å². The number of para-hydroxylation sites is 1. The number of benzene rings is 2. The van der Waals surface area contributed by atoms with Crippen LogP contribution in [0.2, 0.25) is 0 Å². The van der Waals surface area contributed by atoms with Crippen molar-refractivity contribution in [3.05, 3.63) is 42.2 Å². The van der Waals surface area contributed by atoms with Gasteiger partial charge in [0.25, 0.3) is 0 Å². The molecule has 1 aliphatic heterocycles. The van der Waals surface area contributed by atoms with Crippen molar-refractivity contribution in [2.24, 2.45) is 0 Å². The van der Waals surface area contributed by atoms with Gasteiger partial charge in [0, 0.05) is 16.2 Å². The van der Waals surface area contributed by atoms with Crippen molar-refractivity contribution in [1.29, 1.82) is 0 Å². The molecule has 4 rings (SSSR count). The van der Waals surface area contributed by atoms with E-state index in [1.54, 1.807) is 6.07 Å². The summed E-state index contributed by atoms with van der Waals surface area (Å²) in [7, 11) is -0.738. The molecule has 23 heavy (non-hydrogen) atoms. The van der Waals surface area contributed by atoms with Gasteiger partial charge in [-0.15, -0.1) is 0 Å². The number of halogens is 1. The Hall–Kier alpha value is -1.85. The Morgan fingerprint density at radius 1 is 0.870 bits per heavy atom. The van der Waals surface area contributed by atoms with Crippen LogP contribution in [-0.2, 0) is 9.31 Å². The maximum absolute atomic E-state index is 14.7. The molecule has 5 heteroatoms. The molecule has 0 saturated carbocycles. The predicted molar refractivity (Wildman–Crippen MR) is 89.4 cm³/mol. The lowest BCUT2D eigenvalue weighted by atomic mass is 9.78. The predicted octanol–water partition coefficient (Wildman–Crippen LogP) is 4.02. The molecule has 2 aromatic carbocycles. The fourth-order valence-electron chi connectivity index (χ4n) is 2.91. The lowest BCUT2D eigenvalue weighted by Gasteiger charge is -2.32. The van der Waals surface area contributed by atoms with E-state index in [1.807, 2.05) is 52.0 Å². The van der Waals surface area contributed by atoms with E-state index in [9.17, 15) is 4.39 Å². The van der Waals surface area contributed by atoms with Crippen molar-refractivity contribution in [3.8, 4) is 0 Å². The third-order valence-corrected chi connectivity index (χ3v) is 5.00. The second kappa shape index (κ2) is 4.59. The van der Waals surface area contributed by atoms with E-state index >= 15 is 0 Å². The molecule has 3 aromatic rings. The molecule has 0 atom stereocenters. The van der Waals surface area contributed by atoms with Gasteiger partial charge in [-0.05, 0) is 45.9 Å². The summed E-state index contributed by atoms with van der Waals surface area (Å²) in [6.07, 6.45) is 0. The first-order valence-electron chi connectivity index (χ1n) is 7.75. The van der Waals surface area contributed by atoms with Gasteiger partial charge in [-0.1, -0.05) is 18.2 Å². The highest BCUT2D eigenvalue weighted by Gasteiger charge is 2.52. The summed E-state index contributed by atoms with van der Waals surface area (Å²) in [5.41, 5.74) is 0.736. The molecule has 0 aliphatic carbocycles. The van der Waals surface area contributed by atoms with Gasteiger partial charge < -0.3 is 13.7 Å². The van der Waals surface area contributed by atoms with Crippen LogP contribution in [0.1, 0.15) is 27.7 Å². The van der Waals surface area contributed by atoms with Crippen LogP contribution in [0.4, 0.5) is 4.39 Å². The van der Waals surface area contributed by atoms with Gasteiger partial charge in [-0.2, -0.15) is 0 Å². The molecule has 118 valence electrons. The average molecular weight is 312 g/mol. The molecular formula is C18H18BFO3. The van der Waals surface area contributed by atoms with Gasteiger partial charge in [0.2, 0.25) is 0 Å². The number of hydrogen-bond donors (Lipinski definition) is 0. The lowest BCUT2D eigenvalue weighted by molar-refractivity contribution is 0.00578. The Balaban J connectivity index is 1.86. The van der Waals surface area contributed by atoms with Crippen molar-refractivity contribution in [2.45, 2.75) is 38.9 Å². The zero-order valence-electron chi connectivity index (χ0n) is 13.6. The topological polar surface area (TPSA) is 31.6 Å². The second-order valence-electron chi connectivity index (χ2n) is 7.06. The quantitative estimate of drug-likeness (QED) is 0.636. The second-order valence-corrected chi connectivity index (χ2v) is 7.06. The summed E-state index contributed by atoms with van der Waals surface area (Å²) in [5.74, 6) is -0.345. The van der Waals surface area contributed by atoms with Crippen LogP contribution in [0.25, 0.3) is 21.9 Å². The molecule has 0 radical (unpaired) electrons. The van der Waals surface area contributed by atoms with Crippen molar-refractivity contribution < 1.29 is 18.1 Å². The van der Waals surface area contributed by atoms with E-state index in [1.165, 1.54) is 6.07 Å². The SMILES string of the molecule is CC1(C)OB(c2cc3oc4ccccc4c3cc2F)OC1(C)C. The molecule has 3 nitrogen and oxygen atoms in total. The van der Waals surface area contributed by atoms with Gasteiger partial charge in [-0.25, -0.2) is 4.39 Å². The summed E-state index contributed by atoms with van der Waals surface area (Å²) >= 11 is 0. The molecule has 0 unspecified atom stereocenters. The van der Waals surface area contributed by atoms with Crippen LogP contribution in [0.15, 0.2) is 40.8 Å². The number of rotatable bonds is 1. The van der Waals surface area contributed by atoms with Crippen LogP contribution in [0.3, 0.4) is 0 Å². The maximum atomic E-state index is 14.7. The highest BCUT2D eigenvalue weighted by Crippen LogP contribution is 2.37. The normalized spacial score (nSPS) is 19.8. The van der Waals surface area contributed by atoms with E-state index < -0.39 is 18.3 Å². The van der Waals surface area contributed by atoms with E-state index in [0.717, 1.165) is 16.4 Å². The molecule has 1 aromatic heterocycles. The monoisotopic (exact) mass is 312 g/mol. The van der Waals surface area contributed by atoms with Gasteiger partial charge in [0.15, 0.2) is 0 Å². The first-order chi connectivity index (χ1) is 10.8. The van der Waals surface area contributed by atoms with Crippen LogP contribution >= 0.6 is 0 Å². The number of fused-ring (bicyclic) bond motifs is 3. The van der Waals surface area contributed by atoms with Crippen molar-refractivity contribution in [2.75, 3.05) is 0 Å². The largest absolute Gasteiger partial charge is 0.497 e. The minimum absolute atomic E-state index is 0.345. The first-order valence-corrected chi connectivity index (χ1v) is 7.75.